The highest BCUT2D eigenvalue weighted by atomic mass is 32.2. The van der Waals surface area contributed by atoms with Crippen molar-refractivity contribution in [2.45, 2.75) is 18.7 Å². The fraction of sp³-hybridized carbons (Fsp3) is 0.286. The monoisotopic (exact) mass is 322 g/mol. The highest BCUT2D eigenvalue weighted by Crippen LogP contribution is 2.13. The first-order valence-electron chi connectivity index (χ1n) is 6.52. The Labute approximate surface area is 129 Å². The third-order valence-corrected chi connectivity index (χ3v) is 3.53. The zero-order valence-corrected chi connectivity index (χ0v) is 13.1. The third-order valence-electron chi connectivity index (χ3n) is 2.60. The fourth-order valence-electron chi connectivity index (χ4n) is 1.44. The molecular formula is C14H18N4O3S. The van der Waals surface area contributed by atoms with E-state index in [1.54, 1.807) is 6.07 Å². The van der Waals surface area contributed by atoms with Crippen molar-refractivity contribution in [3.63, 3.8) is 0 Å². The summed E-state index contributed by atoms with van der Waals surface area (Å²) in [6.07, 6.45) is 1.27. The van der Waals surface area contributed by atoms with E-state index >= 15 is 0 Å². The number of nitriles is 1. The molecule has 1 amide bonds. The lowest BCUT2D eigenvalue weighted by atomic mass is 10.2. The number of primary sulfonamides is 1. The minimum Gasteiger partial charge on any atom is -0.360 e. The minimum absolute atomic E-state index is 0.0165. The van der Waals surface area contributed by atoms with E-state index in [1.165, 1.54) is 30.5 Å². The average molecular weight is 322 g/mol. The van der Waals surface area contributed by atoms with Crippen LogP contribution >= 0.6 is 0 Å². The first kappa shape index (κ1) is 17.7. The van der Waals surface area contributed by atoms with Crippen LogP contribution in [0.25, 0.3) is 0 Å². The highest BCUT2D eigenvalue weighted by Gasteiger charge is 2.09. The second-order valence-electron chi connectivity index (χ2n) is 4.99. The second kappa shape index (κ2) is 7.59. The smallest absolute Gasteiger partial charge is 0.263 e. The van der Waals surface area contributed by atoms with Crippen molar-refractivity contribution in [2.24, 2.45) is 11.1 Å². The van der Waals surface area contributed by atoms with Crippen molar-refractivity contribution < 1.29 is 13.2 Å². The van der Waals surface area contributed by atoms with Crippen LogP contribution in [-0.2, 0) is 14.8 Å². The number of benzene rings is 1. The van der Waals surface area contributed by atoms with E-state index in [0.29, 0.717) is 12.2 Å². The number of rotatable bonds is 6. The van der Waals surface area contributed by atoms with Gasteiger partial charge in [-0.05, 0) is 30.2 Å². The molecule has 0 heterocycles. The van der Waals surface area contributed by atoms with Crippen molar-refractivity contribution in [3.8, 4) is 6.07 Å². The molecule has 0 aliphatic heterocycles. The van der Waals surface area contributed by atoms with Gasteiger partial charge in [-0.25, -0.2) is 13.6 Å². The van der Waals surface area contributed by atoms with Gasteiger partial charge in [-0.1, -0.05) is 13.8 Å². The molecule has 0 atom stereocenters. The van der Waals surface area contributed by atoms with Gasteiger partial charge in [0.1, 0.15) is 11.6 Å². The number of sulfonamides is 1. The second-order valence-corrected chi connectivity index (χ2v) is 6.55. The zero-order valence-electron chi connectivity index (χ0n) is 12.3. The van der Waals surface area contributed by atoms with Crippen LogP contribution in [0.1, 0.15) is 13.8 Å². The molecule has 4 N–H and O–H groups in total. The van der Waals surface area contributed by atoms with Gasteiger partial charge in [0.05, 0.1) is 4.90 Å². The molecule has 22 heavy (non-hydrogen) atoms. The number of carbonyl (C=O) groups excluding carboxylic acids is 1. The van der Waals surface area contributed by atoms with Crippen molar-refractivity contribution in [1.82, 2.24) is 5.32 Å². The van der Waals surface area contributed by atoms with Crippen molar-refractivity contribution in [1.29, 1.82) is 5.26 Å². The Bertz CT molecular complexity index is 701. The van der Waals surface area contributed by atoms with E-state index in [0.717, 1.165) is 0 Å². The number of nitrogens with two attached hydrogens (primary N) is 1. The minimum atomic E-state index is -3.74. The first-order valence-corrected chi connectivity index (χ1v) is 8.06. The summed E-state index contributed by atoms with van der Waals surface area (Å²) in [5, 5.41) is 19.4. The molecule has 1 rings (SSSR count). The van der Waals surface area contributed by atoms with Crippen LogP contribution in [0.3, 0.4) is 0 Å². The molecule has 1 aromatic carbocycles. The van der Waals surface area contributed by atoms with Gasteiger partial charge >= 0.3 is 0 Å². The summed E-state index contributed by atoms with van der Waals surface area (Å²) in [5.74, 6) is -0.188. The average Bonchev–Trinajstić information content (AvgIpc) is 2.45. The molecule has 1 aromatic rings. The quantitative estimate of drug-likeness (QED) is 0.530. The van der Waals surface area contributed by atoms with E-state index < -0.39 is 15.9 Å². The Morgan fingerprint density at radius 2 is 1.95 bits per heavy atom. The lowest BCUT2D eigenvalue weighted by Crippen LogP contribution is -2.28. The Hall–Kier alpha value is -2.37. The number of amides is 1. The van der Waals surface area contributed by atoms with Crippen molar-refractivity contribution in [2.75, 3.05) is 11.9 Å². The van der Waals surface area contributed by atoms with E-state index in [9.17, 15) is 13.2 Å². The summed E-state index contributed by atoms with van der Waals surface area (Å²) >= 11 is 0. The normalized spacial score (nSPS) is 11.9. The molecule has 0 radical (unpaired) electrons. The lowest BCUT2D eigenvalue weighted by Gasteiger charge is -2.07. The summed E-state index contributed by atoms with van der Waals surface area (Å²) in [4.78, 5) is 11.7. The fourth-order valence-corrected chi connectivity index (χ4v) is 1.95. The molecule has 7 nitrogen and oxygen atoms in total. The summed E-state index contributed by atoms with van der Waals surface area (Å²) < 4.78 is 22.2. The first-order chi connectivity index (χ1) is 10.2. The maximum absolute atomic E-state index is 11.7. The van der Waals surface area contributed by atoms with E-state index in [4.69, 9.17) is 10.4 Å². The van der Waals surface area contributed by atoms with Crippen LogP contribution in [0.4, 0.5) is 5.69 Å². The molecule has 8 heteroatoms. The van der Waals surface area contributed by atoms with Crippen molar-refractivity contribution >= 4 is 21.6 Å². The van der Waals surface area contributed by atoms with E-state index in [2.05, 4.69) is 10.6 Å². The maximum Gasteiger partial charge on any atom is 0.263 e. The Morgan fingerprint density at radius 1 is 1.36 bits per heavy atom. The molecule has 0 bridgehead atoms. The number of anilines is 1. The van der Waals surface area contributed by atoms with Gasteiger partial charge in [0.15, 0.2) is 0 Å². The number of nitrogens with zero attached hydrogens (tertiary/aromatic N) is 1. The molecular weight excluding hydrogens is 304 g/mol. The van der Waals surface area contributed by atoms with Crippen LogP contribution in [0.15, 0.2) is 40.9 Å². The van der Waals surface area contributed by atoms with Gasteiger partial charge < -0.3 is 10.6 Å². The lowest BCUT2D eigenvalue weighted by molar-refractivity contribution is -0.117. The topological polar surface area (TPSA) is 125 Å². The van der Waals surface area contributed by atoms with Crippen LogP contribution in [0.2, 0.25) is 0 Å². The predicted octanol–water partition coefficient (Wildman–Crippen LogP) is 0.926. The van der Waals surface area contributed by atoms with E-state index in [-0.39, 0.29) is 16.4 Å². The predicted molar refractivity (Wildman–Crippen MR) is 83.0 cm³/mol. The van der Waals surface area contributed by atoms with Gasteiger partial charge in [0, 0.05) is 18.4 Å². The molecule has 0 saturated carbocycles. The number of nitrogens with one attached hydrogen (secondary N) is 2. The molecule has 118 valence electrons. The third kappa shape index (κ3) is 5.55. The largest absolute Gasteiger partial charge is 0.360 e. The highest BCUT2D eigenvalue weighted by molar-refractivity contribution is 7.89. The summed E-state index contributed by atoms with van der Waals surface area (Å²) in [7, 11) is -3.74. The molecule has 0 spiro atoms. The maximum atomic E-state index is 11.7. The van der Waals surface area contributed by atoms with E-state index in [1.807, 2.05) is 13.8 Å². The zero-order chi connectivity index (χ0) is 16.8. The molecule has 0 aromatic heterocycles. The van der Waals surface area contributed by atoms with Crippen LogP contribution in [0.5, 0.6) is 0 Å². The van der Waals surface area contributed by atoms with Crippen LogP contribution < -0.4 is 15.8 Å². The van der Waals surface area contributed by atoms with Crippen LogP contribution in [-0.4, -0.2) is 20.9 Å². The Morgan fingerprint density at radius 3 is 2.41 bits per heavy atom. The molecule has 0 aliphatic carbocycles. The van der Waals surface area contributed by atoms with Gasteiger partial charge in [-0.3, -0.25) is 4.79 Å². The van der Waals surface area contributed by atoms with Gasteiger partial charge in [-0.2, -0.15) is 5.26 Å². The molecule has 0 unspecified atom stereocenters. The van der Waals surface area contributed by atoms with Crippen LogP contribution in [0, 0.1) is 17.2 Å². The van der Waals surface area contributed by atoms with Gasteiger partial charge in [-0.15, -0.1) is 0 Å². The number of carbonyl (C=O) groups is 1. The van der Waals surface area contributed by atoms with Crippen molar-refractivity contribution in [3.05, 3.63) is 36.0 Å². The molecule has 0 aliphatic rings. The molecule has 0 fully saturated rings. The Kier molecular flexibility index (Phi) is 6.10. The van der Waals surface area contributed by atoms with Gasteiger partial charge in [0.2, 0.25) is 10.0 Å². The summed E-state index contributed by atoms with van der Waals surface area (Å²) in [6, 6.07) is 7.43. The summed E-state index contributed by atoms with van der Waals surface area (Å²) in [6.45, 7) is 4.36. The number of hydrogen-bond donors (Lipinski definition) is 3. The van der Waals surface area contributed by atoms with Gasteiger partial charge in [0.25, 0.3) is 5.91 Å². The molecule has 0 saturated heterocycles. The SMILES string of the molecule is CC(C)CNC(=O)/C(C#N)=C\Nc1ccc(S(N)(=O)=O)cc1. The Balaban J connectivity index is 2.77. The number of hydrogen-bond acceptors (Lipinski definition) is 5. The summed E-state index contributed by atoms with van der Waals surface area (Å²) in [5.41, 5.74) is 0.452. The standard InChI is InChI=1S/C14H18N4O3S/c1-10(2)8-18-14(19)11(7-15)9-17-12-3-5-13(6-4-12)22(16,20)21/h3-6,9-10,17H,8H2,1-2H3,(H,18,19)(H2,16,20,21)/b11-9-.